The first-order valence-corrected chi connectivity index (χ1v) is 7.66. The molecular formula is C15H21BrN2O. The smallest absolute Gasteiger partial charge is 0.227 e. The van der Waals surface area contributed by atoms with E-state index in [-0.39, 0.29) is 11.8 Å². The van der Waals surface area contributed by atoms with E-state index >= 15 is 0 Å². The molecule has 3 nitrogen and oxygen atoms in total. The molecule has 2 rings (SSSR count). The number of carbonyl (C=O) groups excluding carboxylic acids is 1. The van der Waals surface area contributed by atoms with Crippen molar-refractivity contribution in [3.63, 3.8) is 0 Å². The van der Waals surface area contributed by atoms with Crippen LogP contribution in [0.2, 0.25) is 0 Å². The predicted molar refractivity (Wildman–Crippen MR) is 82.0 cm³/mol. The van der Waals surface area contributed by atoms with Gasteiger partial charge in [0.05, 0.1) is 0 Å². The first-order valence-electron chi connectivity index (χ1n) is 6.87. The Hall–Kier alpha value is -0.870. The molecule has 1 amide bonds. The number of carbonyl (C=O) groups is 1. The van der Waals surface area contributed by atoms with E-state index < -0.39 is 0 Å². The topological polar surface area (TPSA) is 55.1 Å². The normalized spacial score (nSPS) is 23.1. The fourth-order valence-corrected chi connectivity index (χ4v) is 2.99. The van der Waals surface area contributed by atoms with Gasteiger partial charge >= 0.3 is 0 Å². The summed E-state index contributed by atoms with van der Waals surface area (Å²) >= 11 is 3.43. The average molecular weight is 325 g/mol. The zero-order chi connectivity index (χ0) is 13.8. The summed E-state index contributed by atoms with van der Waals surface area (Å²) in [6.45, 7) is 2.76. The highest BCUT2D eigenvalue weighted by Crippen LogP contribution is 2.29. The fourth-order valence-electron chi connectivity index (χ4n) is 2.62. The van der Waals surface area contributed by atoms with E-state index in [2.05, 4.69) is 21.2 Å². The Balaban J connectivity index is 1.96. The van der Waals surface area contributed by atoms with Crippen molar-refractivity contribution in [2.75, 3.05) is 11.9 Å². The Morgan fingerprint density at radius 2 is 2.05 bits per heavy atom. The SMILES string of the molecule is Cc1ccc(Br)cc1NC(=O)C1CCC(CN)CC1. The summed E-state index contributed by atoms with van der Waals surface area (Å²) in [5.74, 6) is 0.898. The van der Waals surface area contributed by atoms with Crippen LogP contribution in [-0.4, -0.2) is 12.5 Å². The monoisotopic (exact) mass is 324 g/mol. The van der Waals surface area contributed by atoms with Crippen LogP contribution in [0.25, 0.3) is 0 Å². The van der Waals surface area contributed by atoms with Crippen molar-refractivity contribution in [2.45, 2.75) is 32.6 Å². The molecule has 1 aromatic rings. The molecule has 0 bridgehead atoms. The van der Waals surface area contributed by atoms with Gasteiger partial charge in [-0.15, -0.1) is 0 Å². The third-order valence-electron chi connectivity index (χ3n) is 4.01. The van der Waals surface area contributed by atoms with Crippen LogP contribution >= 0.6 is 15.9 Å². The number of hydrogen-bond donors (Lipinski definition) is 2. The van der Waals surface area contributed by atoms with Gasteiger partial charge in [0.2, 0.25) is 5.91 Å². The summed E-state index contributed by atoms with van der Waals surface area (Å²) in [7, 11) is 0. The Morgan fingerprint density at radius 1 is 1.37 bits per heavy atom. The molecule has 0 heterocycles. The summed E-state index contributed by atoms with van der Waals surface area (Å²) < 4.78 is 0.986. The molecule has 0 radical (unpaired) electrons. The van der Waals surface area contributed by atoms with Crippen molar-refractivity contribution >= 4 is 27.5 Å². The van der Waals surface area contributed by atoms with Gasteiger partial charge in [0.15, 0.2) is 0 Å². The van der Waals surface area contributed by atoms with Crippen LogP contribution in [0, 0.1) is 18.8 Å². The quantitative estimate of drug-likeness (QED) is 0.894. The molecule has 0 aliphatic heterocycles. The Labute approximate surface area is 123 Å². The standard InChI is InChI=1S/C15H21BrN2O/c1-10-2-7-13(16)8-14(10)18-15(19)12-5-3-11(9-17)4-6-12/h2,7-8,11-12H,3-6,9,17H2,1H3,(H,18,19). The number of amides is 1. The number of nitrogens with one attached hydrogen (secondary N) is 1. The molecular weight excluding hydrogens is 304 g/mol. The molecule has 19 heavy (non-hydrogen) atoms. The largest absolute Gasteiger partial charge is 0.330 e. The molecule has 0 saturated heterocycles. The van der Waals surface area contributed by atoms with E-state index in [0.717, 1.165) is 48.0 Å². The van der Waals surface area contributed by atoms with Gasteiger partial charge in [-0.3, -0.25) is 4.79 Å². The number of nitrogens with two attached hydrogens (primary N) is 1. The minimum atomic E-state index is 0.140. The minimum Gasteiger partial charge on any atom is -0.330 e. The van der Waals surface area contributed by atoms with Gasteiger partial charge in [0, 0.05) is 16.1 Å². The van der Waals surface area contributed by atoms with E-state index in [4.69, 9.17) is 5.73 Å². The van der Waals surface area contributed by atoms with Crippen molar-refractivity contribution in [1.29, 1.82) is 0 Å². The summed E-state index contributed by atoms with van der Waals surface area (Å²) in [4.78, 5) is 12.3. The Morgan fingerprint density at radius 3 is 2.68 bits per heavy atom. The minimum absolute atomic E-state index is 0.140. The van der Waals surface area contributed by atoms with Crippen LogP contribution < -0.4 is 11.1 Å². The van der Waals surface area contributed by atoms with Crippen molar-refractivity contribution in [1.82, 2.24) is 0 Å². The first kappa shape index (κ1) is 14.5. The summed E-state index contributed by atoms with van der Waals surface area (Å²) in [6.07, 6.45) is 4.07. The highest BCUT2D eigenvalue weighted by molar-refractivity contribution is 9.10. The van der Waals surface area contributed by atoms with E-state index in [9.17, 15) is 4.79 Å². The predicted octanol–water partition coefficient (Wildman–Crippen LogP) is 3.46. The van der Waals surface area contributed by atoms with E-state index in [1.807, 2.05) is 25.1 Å². The van der Waals surface area contributed by atoms with Crippen molar-refractivity contribution in [2.24, 2.45) is 17.6 Å². The second-order valence-corrected chi connectivity index (χ2v) is 6.32. The van der Waals surface area contributed by atoms with Crippen molar-refractivity contribution < 1.29 is 4.79 Å². The maximum Gasteiger partial charge on any atom is 0.227 e. The lowest BCUT2D eigenvalue weighted by molar-refractivity contribution is -0.121. The van der Waals surface area contributed by atoms with E-state index in [1.165, 1.54) is 0 Å². The van der Waals surface area contributed by atoms with Gasteiger partial charge in [-0.1, -0.05) is 22.0 Å². The molecule has 1 aliphatic rings. The number of hydrogen-bond acceptors (Lipinski definition) is 2. The first-order chi connectivity index (χ1) is 9.10. The van der Waals surface area contributed by atoms with Crippen molar-refractivity contribution in [3.05, 3.63) is 28.2 Å². The molecule has 3 N–H and O–H groups in total. The van der Waals surface area contributed by atoms with E-state index in [1.54, 1.807) is 0 Å². The van der Waals surface area contributed by atoms with Crippen LogP contribution in [-0.2, 0) is 4.79 Å². The van der Waals surface area contributed by atoms with Gasteiger partial charge in [0.25, 0.3) is 0 Å². The zero-order valence-corrected chi connectivity index (χ0v) is 12.9. The highest BCUT2D eigenvalue weighted by atomic mass is 79.9. The third-order valence-corrected chi connectivity index (χ3v) is 4.50. The molecule has 1 aromatic carbocycles. The molecule has 0 unspecified atom stereocenters. The molecule has 0 spiro atoms. The number of halogens is 1. The lowest BCUT2D eigenvalue weighted by Gasteiger charge is -2.27. The lowest BCUT2D eigenvalue weighted by Crippen LogP contribution is -2.29. The van der Waals surface area contributed by atoms with Crippen LogP contribution in [0.15, 0.2) is 22.7 Å². The number of aryl methyl sites for hydroxylation is 1. The van der Waals surface area contributed by atoms with Gasteiger partial charge in [-0.05, 0) is 62.8 Å². The fraction of sp³-hybridized carbons (Fsp3) is 0.533. The van der Waals surface area contributed by atoms with Gasteiger partial charge in [-0.2, -0.15) is 0 Å². The van der Waals surface area contributed by atoms with Gasteiger partial charge < -0.3 is 11.1 Å². The van der Waals surface area contributed by atoms with Crippen molar-refractivity contribution in [3.8, 4) is 0 Å². The number of anilines is 1. The third kappa shape index (κ3) is 3.80. The Kier molecular flexibility index (Phi) is 4.99. The molecule has 1 aliphatic carbocycles. The van der Waals surface area contributed by atoms with Crippen LogP contribution in [0.5, 0.6) is 0 Å². The second-order valence-electron chi connectivity index (χ2n) is 5.40. The molecule has 1 fully saturated rings. The number of benzene rings is 1. The molecule has 0 atom stereocenters. The van der Waals surface area contributed by atoms with Crippen LogP contribution in [0.3, 0.4) is 0 Å². The summed E-state index contributed by atoms with van der Waals surface area (Å²) in [5, 5.41) is 3.05. The summed E-state index contributed by atoms with van der Waals surface area (Å²) in [6, 6.07) is 5.95. The maximum atomic E-state index is 12.3. The summed E-state index contributed by atoms with van der Waals surface area (Å²) in [5.41, 5.74) is 7.67. The molecule has 4 heteroatoms. The van der Waals surface area contributed by atoms with E-state index in [0.29, 0.717) is 5.92 Å². The Bertz CT molecular complexity index is 453. The molecule has 1 saturated carbocycles. The van der Waals surface area contributed by atoms with Gasteiger partial charge in [0.1, 0.15) is 0 Å². The molecule has 104 valence electrons. The maximum absolute atomic E-state index is 12.3. The van der Waals surface area contributed by atoms with Crippen LogP contribution in [0.4, 0.5) is 5.69 Å². The average Bonchev–Trinajstić information content (AvgIpc) is 2.43. The lowest BCUT2D eigenvalue weighted by atomic mass is 9.81. The van der Waals surface area contributed by atoms with Crippen LogP contribution in [0.1, 0.15) is 31.2 Å². The zero-order valence-electron chi connectivity index (χ0n) is 11.3. The van der Waals surface area contributed by atoms with Gasteiger partial charge in [-0.25, -0.2) is 0 Å². The highest BCUT2D eigenvalue weighted by Gasteiger charge is 2.25. The molecule has 0 aromatic heterocycles. The number of rotatable bonds is 3. The second kappa shape index (κ2) is 6.53.